The molecule has 2 heterocycles. The van der Waals surface area contributed by atoms with Crippen molar-refractivity contribution in [3.8, 4) is 0 Å². The minimum absolute atomic E-state index is 0.0854. The smallest absolute Gasteiger partial charge is 0.352 e. The summed E-state index contributed by atoms with van der Waals surface area (Å²) >= 11 is 7.01. The van der Waals surface area contributed by atoms with Gasteiger partial charge in [-0.2, -0.15) is 13.2 Å². The van der Waals surface area contributed by atoms with Gasteiger partial charge in [0.2, 0.25) is 5.91 Å². The largest absolute Gasteiger partial charge is 0.417 e. The highest BCUT2D eigenvalue weighted by atomic mass is 35.5. The molecular formula is C19H22ClF3N4OS. The van der Waals surface area contributed by atoms with Crippen LogP contribution in [0.5, 0.6) is 0 Å². The number of carbonyl (C=O) groups excluding carboxylic acids is 1. The third kappa shape index (κ3) is 4.08. The molecule has 29 heavy (non-hydrogen) atoms. The second-order valence-electron chi connectivity index (χ2n) is 8.15. The van der Waals surface area contributed by atoms with Crippen molar-refractivity contribution in [3.63, 3.8) is 0 Å². The first-order valence-electron chi connectivity index (χ1n) is 9.72. The van der Waals surface area contributed by atoms with Gasteiger partial charge in [-0.15, -0.1) is 10.2 Å². The highest BCUT2D eigenvalue weighted by Gasteiger charge is 2.42. The van der Waals surface area contributed by atoms with Gasteiger partial charge in [0, 0.05) is 12.2 Å². The molecule has 0 unspecified atom stereocenters. The lowest BCUT2D eigenvalue weighted by Crippen LogP contribution is -2.43. The quantitative estimate of drug-likeness (QED) is 0.669. The van der Waals surface area contributed by atoms with Gasteiger partial charge in [0.1, 0.15) is 0 Å². The molecule has 0 aliphatic heterocycles. The van der Waals surface area contributed by atoms with Gasteiger partial charge in [-0.1, -0.05) is 29.8 Å². The number of fused-ring (bicyclic) bond motifs is 3. The summed E-state index contributed by atoms with van der Waals surface area (Å²) in [6, 6.07) is 0.912. The molecular weight excluding hydrogens is 425 g/mol. The fourth-order valence-corrected chi connectivity index (χ4v) is 5.81. The van der Waals surface area contributed by atoms with Crippen molar-refractivity contribution < 1.29 is 18.0 Å². The van der Waals surface area contributed by atoms with E-state index in [1.807, 2.05) is 6.92 Å². The maximum atomic E-state index is 13.1. The number of nitrogens with zero attached hydrogens (tertiary/aromatic N) is 3. The summed E-state index contributed by atoms with van der Waals surface area (Å²) in [6.07, 6.45) is 1.35. The van der Waals surface area contributed by atoms with Crippen molar-refractivity contribution in [1.29, 1.82) is 0 Å². The molecule has 0 radical (unpaired) electrons. The monoisotopic (exact) mass is 446 g/mol. The van der Waals surface area contributed by atoms with Gasteiger partial charge in [0.05, 0.1) is 15.8 Å². The lowest BCUT2D eigenvalue weighted by molar-refractivity contribution is -0.137. The van der Waals surface area contributed by atoms with Crippen LogP contribution < -0.4 is 5.32 Å². The van der Waals surface area contributed by atoms with Crippen LogP contribution >= 0.6 is 23.4 Å². The normalized spacial score (nSPS) is 26.1. The summed E-state index contributed by atoms with van der Waals surface area (Å²) in [5.41, 5.74) is -0.760. The predicted molar refractivity (Wildman–Crippen MR) is 105 cm³/mol. The zero-order valence-corrected chi connectivity index (χ0v) is 17.6. The van der Waals surface area contributed by atoms with Gasteiger partial charge >= 0.3 is 6.18 Å². The highest BCUT2D eigenvalue weighted by Crippen LogP contribution is 2.49. The molecule has 2 aliphatic carbocycles. The Morgan fingerprint density at radius 1 is 1.31 bits per heavy atom. The Bertz CT molecular complexity index is 934. The Kier molecular flexibility index (Phi) is 5.48. The summed E-state index contributed by atoms with van der Waals surface area (Å²) in [6.45, 7) is 3.76. The maximum absolute atomic E-state index is 13.1. The van der Waals surface area contributed by atoms with Crippen LogP contribution in [0.2, 0.25) is 5.02 Å². The van der Waals surface area contributed by atoms with Crippen molar-refractivity contribution >= 4 is 34.9 Å². The highest BCUT2D eigenvalue weighted by molar-refractivity contribution is 8.00. The molecule has 0 saturated heterocycles. The van der Waals surface area contributed by atoms with E-state index in [1.54, 1.807) is 6.92 Å². The predicted octanol–water partition coefficient (Wildman–Crippen LogP) is 4.82. The molecule has 1 N–H and O–H groups in total. The molecule has 2 aromatic rings. The summed E-state index contributed by atoms with van der Waals surface area (Å²) in [5, 5.41) is 10.4. The minimum atomic E-state index is -4.54. The average Bonchev–Trinajstić information content (AvgIpc) is 3.36. The van der Waals surface area contributed by atoms with Crippen LogP contribution in [0, 0.1) is 17.8 Å². The second kappa shape index (κ2) is 7.65. The lowest BCUT2D eigenvalue weighted by atomic mass is 9.84. The van der Waals surface area contributed by atoms with Crippen LogP contribution in [0.4, 0.5) is 13.2 Å². The van der Waals surface area contributed by atoms with Gasteiger partial charge in [-0.05, 0) is 56.9 Å². The zero-order valence-electron chi connectivity index (χ0n) is 16.0. The Hall–Kier alpha value is -1.48. The van der Waals surface area contributed by atoms with Gasteiger partial charge in [0.15, 0.2) is 10.8 Å². The zero-order chi connectivity index (χ0) is 20.9. The molecule has 10 heteroatoms. The Labute approximate surface area is 175 Å². The summed E-state index contributed by atoms with van der Waals surface area (Å²) in [4.78, 5) is 12.7. The van der Waals surface area contributed by atoms with Crippen LogP contribution in [-0.4, -0.2) is 31.8 Å². The van der Waals surface area contributed by atoms with E-state index in [0.29, 0.717) is 11.8 Å². The number of amides is 1. The number of hydrogen-bond donors (Lipinski definition) is 1. The maximum Gasteiger partial charge on any atom is 0.417 e. The standard InChI is InChI=1S/C19H22ClF3N4OS/c1-9(14-6-11-3-4-12(14)5-11)24-17(28)10(2)29-18-26-25-16-15(20)7-13(8-27(16)18)19(21,22)23/h7-12,14H,3-6H2,1-2H3,(H,24,28)/t9-,10-,11-,12-,14-/m1/s1. The molecule has 4 rings (SSSR count). The van der Waals surface area contributed by atoms with E-state index in [2.05, 4.69) is 15.5 Å². The second-order valence-corrected chi connectivity index (χ2v) is 9.86. The molecule has 2 saturated carbocycles. The molecule has 5 atom stereocenters. The van der Waals surface area contributed by atoms with Crippen LogP contribution in [-0.2, 0) is 11.0 Å². The number of aromatic nitrogens is 3. The third-order valence-corrected chi connectivity index (χ3v) is 7.55. The van der Waals surface area contributed by atoms with E-state index in [1.165, 1.54) is 30.1 Å². The van der Waals surface area contributed by atoms with Gasteiger partial charge < -0.3 is 5.32 Å². The first-order valence-corrected chi connectivity index (χ1v) is 11.0. The number of nitrogens with one attached hydrogen (secondary N) is 1. The number of rotatable bonds is 5. The molecule has 2 aromatic heterocycles. The Morgan fingerprint density at radius 3 is 2.69 bits per heavy atom. The van der Waals surface area contributed by atoms with Gasteiger partial charge in [0.25, 0.3) is 0 Å². The fourth-order valence-electron chi connectivity index (χ4n) is 4.74. The first kappa shape index (κ1) is 20.8. The number of thioether (sulfide) groups is 1. The van der Waals surface area contributed by atoms with E-state index in [9.17, 15) is 18.0 Å². The van der Waals surface area contributed by atoms with E-state index in [0.717, 1.165) is 29.9 Å². The molecule has 158 valence electrons. The summed E-state index contributed by atoms with van der Waals surface area (Å²) in [7, 11) is 0. The molecule has 0 spiro atoms. The average molecular weight is 447 g/mol. The number of hydrogen-bond acceptors (Lipinski definition) is 4. The van der Waals surface area contributed by atoms with E-state index >= 15 is 0 Å². The van der Waals surface area contributed by atoms with Crippen molar-refractivity contribution in [2.45, 2.75) is 62.2 Å². The van der Waals surface area contributed by atoms with Gasteiger partial charge in [-0.25, -0.2) is 0 Å². The molecule has 2 bridgehead atoms. The Balaban J connectivity index is 1.46. The van der Waals surface area contributed by atoms with Crippen LogP contribution in [0.15, 0.2) is 17.4 Å². The fraction of sp³-hybridized carbons (Fsp3) is 0.632. The summed E-state index contributed by atoms with van der Waals surface area (Å²) in [5.74, 6) is 1.85. The third-order valence-electron chi connectivity index (χ3n) is 6.21. The Morgan fingerprint density at radius 2 is 2.07 bits per heavy atom. The lowest BCUT2D eigenvalue weighted by Gasteiger charge is -2.29. The molecule has 2 fully saturated rings. The van der Waals surface area contributed by atoms with Crippen molar-refractivity contribution in [3.05, 3.63) is 22.8 Å². The van der Waals surface area contributed by atoms with E-state index in [4.69, 9.17) is 11.6 Å². The number of pyridine rings is 1. The van der Waals surface area contributed by atoms with Crippen LogP contribution in [0.1, 0.15) is 45.1 Å². The van der Waals surface area contributed by atoms with Crippen molar-refractivity contribution in [2.24, 2.45) is 17.8 Å². The topological polar surface area (TPSA) is 59.3 Å². The molecule has 5 nitrogen and oxygen atoms in total. The van der Waals surface area contributed by atoms with E-state index in [-0.39, 0.29) is 27.8 Å². The summed E-state index contributed by atoms with van der Waals surface area (Å²) < 4.78 is 40.5. The molecule has 0 aromatic carbocycles. The van der Waals surface area contributed by atoms with Crippen molar-refractivity contribution in [1.82, 2.24) is 19.9 Å². The minimum Gasteiger partial charge on any atom is -0.352 e. The van der Waals surface area contributed by atoms with Crippen LogP contribution in [0.3, 0.4) is 0 Å². The molecule has 2 aliphatic rings. The number of alkyl halides is 3. The van der Waals surface area contributed by atoms with Gasteiger partial charge in [-0.3, -0.25) is 9.20 Å². The van der Waals surface area contributed by atoms with E-state index < -0.39 is 17.0 Å². The van der Waals surface area contributed by atoms with Crippen LogP contribution in [0.25, 0.3) is 5.65 Å². The first-order chi connectivity index (χ1) is 13.6. The SMILES string of the molecule is C[C@@H](Sc1nnc2c(Cl)cc(C(F)(F)F)cn12)C(=O)N[C@H](C)[C@H]1C[C@@H]2CC[C@@H]1C2. The van der Waals surface area contributed by atoms with Crippen molar-refractivity contribution in [2.75, 3.05) is 0 Å². The number of halogens is 4. The molecule has 1 amide bonds. The number of carbonyl (C=O) groups is 1.